The Bertz CT molecular complexity index is 438. The molecule has 1 aromatic rings. The zero-order valence-electron chi connectivity index (χ0n) is 9.64. The molecular weight excluding hydrogens is 224 g/mol. The van der Waals surface area contributed by atoms with Crippen LogP contribution in [0.2, 0.25) is 0 Å². The Morgan fingerprint density at radius 2 is 2.24 bits per heavy atom. The fourth-order valence-corrected chi connectivity index (χ4v) is 2.21. The minimum atomic E-state index is -0.921. The molecule has 1 aromatic heterocycles. The van der Waals surface area contributed by atoms with Crippen molar-refractivity contribution >= 4 is 11.9 Å². The van der Waals surface area contributed by atoms with Crippen LogP contribution in [0, 0.1) is 17.3 Å². The van der Waals surface area contributed by atoms with Crippen molar-refractivity contribution in [3.8, 4) is 0 Å². The monoisotopic (exact) mass is 238 g/mol. The molecule has 0 unspecified atom stereocenters. The van der Waals surface area contributed by atoms with E-state index >= 15 is 0 Å². The topological polar surface area (TPSA) is 92.4 Å². The molecule has 0 saturated heterocycles. The number of carbonyl (C=O) groups excluding carboxylic acids is 1. The maximum atomic E-state index is 11.8. The first-order chi connectivity index (χ1) is 7.94. The summed E-state index contributed by atoms with van der Waals surface area (Å²) in [5.41, 5.74) is -0.475. The zero-order valence-corrected chi connectivity index (χ0v) is 9.64. The number of nitrogens with zero attached hydrogens (tertiary/aromatic N) is 1. The molecule has 1 amide bonds. The summed E-state index contributed by atoms with van der Waals surface area (Å²) in [6.07, 6.45) is 1.49. The van der Waals surface area contributed by atoms with Gasteiger partial charge in [-0.2, -0.15) is 0 Å². The summed E-state index contributed by atoms with van der Waals surface area (Å²) < 4.78 is 4.83. The Kier molecular flexibility index (Phi) is 2.65. The van der Waals surface area contributed by atoms with E-state index in [0.717, 1.165) is 0 Å². The summed E-state index contributed by atoms with van der Waals surface area (Å²) in [6, 6.07) is 1.65. The number of hydrogen-bond donors (Lipinski definition) is 2. The van der Waals surface area contributed by atoms with Gasteiger partial charge in [0.25, 0.3) is 0 Å². The minimum absolute atomic E-state index is 0.234. The number of hydrogen-bond acceptors (Lipinski definition) is 4. The van der Waals surface area contributed by atoms with Crippen LogP contribution in [-0.4, -0.2) is 22.1 Å². The fraction of sp³-hybridized carbons (Fsp3) is 0.545. The molecule has 0 spiro atoms. The van der Waals surface area contributed by atoms with E-state index in [0.29, 0.717) is 5.76 Å². The van der Waals surface area contributed by atoms with Gasteiger partial charge in [0.05, 0.1) is 24.6 Å². The lowest BCUT2D eigenvalue weighted by atomic mass is 10.1. The van der Waals surface area contributed by atoms with Crippen LogP contribution < -0.4 is 5.32 Å². The maximum absolute atomic E-state index is 11.8. The molecule has 17 heavy (non-hydrogen) atoms. The van der Waals surface area contributed by atoms with Gasteiger partial charge >= 0.3 is 5.97 Å². The molecule has 0 aliphatic heterocycles. The highest BCUT2D eigenvalue weighted by Crippen LogP contribution is 2.58. The van der Waals surface area contributed by atoms with Crippen LogP contribution in [0.1, 0.15) is 19.6 Å². The van der Waals surface area contributed by atoms with Gasteiger partial charge in [0.2, 0.25) is 5.91 Å². The van der Waals surface area contributed by atoms with Crippen molar-refractivity contribution in [1.29, 1.82) is 0 Å². The first-order valence-corrected chi connectivity index (χ1v) is 5.34. The molecule has 1 aliphatic rings. The SMILES string of the molecule is CC1(C)[C@H](C(=O)O)[C@@H]1C(=O)NCc1ccno1. The molecule has 2 rings (SSSR count). The Balaban J connectivity index is 1.92. The normalized spacial score (nSPS) is 25.3. The van der Waals surface area contributed by atoms with Crippen LogP contribution in [0.15, 0.2) is 16.8 Å². The average molecular weight is 238 g/mol. The largest absolute Gasteiger partial charge is 0.481 e. The first-order valence-electron chi connectivity index (χ1n) is 5.34. The maximum Gasteiger partial charge on any atom is 0.307 e. The molecule has 1 aliphatic carbocycles. The smallest absolute Gasteiger partial charge is 0.307 e. The minimum Gasteiger partial charge on any atom is -0.481 e. The number of aliphatic carboxylic acids is 1. The van der Waals surface area contributed by atoms with Crippen molar-refractivity contribution < 1.29 is 19.2 Å². The number of rotatable bonds is 4. The first kappa shape index (κ1) is 11.6. The second-order valence-corrected chi connectivity index (χ2v) is 4.81. The van der Waals surface area contributed by atoms with Crippen LogP contribution >= 0.6 is 0 Å². The lowest BCUT2D eigenvalue weighted by Crippen LogP contribution is -2.26. The van der Waals surface area contributed by atoms with Crippen molar-refractivity contribution in [1.82, 2.24) is 10.5 Å². The molecule has 0 radical (unpaired) electrons. The fourth-order valence-electron chi connectivity index (χ4n) is 2.21. The van der Waals surface area contributed by atoms with Gasteiger partial charge in [-0.15, -0.1) is 0 Å². The van der Waals surface area contributed by atoms with E-state index in [4.69, 9.17) is 9.63 Å². The molecular formula is C11H14N2O4. The van der Waals surface area contributed by atoms with Crippen LogP contribution in [-0.2, 0) is 16.1 Å². The second-order valence-electron chi connectivity index (χ2n) is 4.81. The Morgan fingerprint density at radius 1 is 1.53 bits per heavy atom. The van der Waals surface area contributed by atoms with Gasteiger partial charge in [-0.1, -0.05) is 19.0 Å². The third-order valence-corrected chi connectivity index (χ3v) is 3.30. The van der Waals surface area contributed by atoms with Gasteiger partial charge in [0.1, 0.15) is 0 Å². The van der Waals surface area contributed by atoms with Gasteiger partial charge in [0.15, 0.2) is 5.76 Å². The van der Waals surface area contributed by atoms with Crippen LogP contribution in [0.5, 0.6) is 0 Å². The predicted molar refractivity (Wildman–Crippen MR) is 56.7 cm³/mol. The quantitative estimate of drug-likeness (QED) is 0.803. The van der Waals surface area contributed by atoms with Crippen molar-refractivity contribution in [2.24, 2.45) is 17.3 Å². The molecule has 2 N–H and O–H groups in total. The lowest BCUT2D eigenvalue weighted by Gasteiger charge is -2.03. The van der Waals surface area contributed by atoms with Gasteiger partial charge in [-0.3, -0.25) is 9.59 Å². The van der Waals surface area contributed by atoms with Crippen molar-refractivity contribution in [3.63, 3.8) is 0 Å². The number of aromatic nitrogens is 1. The number of nitrogens with one attached hydrogen (secondary N) is 1. The average Bonchev–Trinajstić information content (AvgIpc) is 2.65. The molecule has 2 atom stereocenters. The Labute approximate surface area is 98.0 Å². The van der Waals surface area contributed by atoms with E-state index in [1.807, 2.05) is 0 Å². The van der Waals surface area contributed by atoms with Crippen molar-refractivity contribution in [2.45, 2.75) is 20.4 Å². The highest BCUT2D eigenvalue weighted by atomic mass is 16.5. The summed E-state index contributed by atoms with van der Waals surface area (Å²) in [4.78, 5) is 22.7. The van der Waals surface area contributed by atoms with Crippen LogP contribution in [0.4, 0.5) is 0 Å². The molecule has 1 saturated carbocycles. The number of carbonyl (C=O) groups is 2. The zero-order chi connectivity index (χ0) is 12.6. The van der Waals surface area contributed by atoms with E-state index in [1.165, 1.54) is 6.20 Å². The van der Waals surface area contributed by atoms with Crippen molar-refractivity contribution in [2.75, 3.05) is 0 Å². The van der Waals surface area contributed by atoms with Crippen LogP contribution in [0.3, 0.4) is 0 Å². The van der Waals surface area contributed by atoms with Gasteiger partial charge in [-0.05, 0) is 5.41 Å². The molecule has 6 nitrogen and oxygen atoms in total. The van der Waals surface area contributed by atoms with Gasteiger partial charge in [0, 0.05) is 6.07 Å². The third kappa shape index (κ3) is 2.02. The lowest BCUT2D eigenvalue weighted by molar-refractivity contribution is -0.140. The van der Waals surface area contributed by atoms with Crippen molar-refractivity contribution in [3.05, 3.63) is 18.0 Å². The summed E-state index contributed by atoms with van der Waals surface area (Å²) >= 11 is 0. The van der Waals surface area contributed by atoms with Gasteiger partial charge < -0.3 is 14.9 Å². The Morgan fingerprint density at radius 3 is 2.71 bits per heavy atom. The highest BCUT2D eigenvalue weighted by Gasteiger charge is 2.65. The number of amides is 1. The van der Waals surface area contributed by atoms with E-state index in [2.05, 4.69) is 10.5 Å². The molecule has 0 aromatic carbocycles. The third-order valence-electron chi connectivity index (χ3n) is 3.30. The van der Waals surface area contributed by atoms with E-state index < -0.39 is 23.2 Å². The molecule has 6 heteroatoms. The highest BCUT2D eigenvalue weighted by molar-refractivity contribution is 5.91. The van der Waals surface area contributed by atoms with Gasteiger partial charge in [-0.25, -0.2) is 0 Å². The number of carboxylic acid groups (broad SMARTS) is 1. The second kappa shape index (κ2) is 3.87. The summed E-state index contributed by atoms with van der Waals surface area (Å²) in [7, 11) is 0. The predicted octanol–water partition coefficient (Wildman–Crippen LogP) is 0.648. The molecule has 1 heterocycles. The number of carboxylic acids is 1. The standard InChI is InChI=1S/C11H14N2O4/c1-11(2)7(8(11)10(15)16)9(14)12-5-6-3-4-13-17-6/h3-4,7-8H,5H2,1-2H3,(H,12,14)(H,15,16)/t7-,8+/m1/s1. The van der Waals surface area contributed by atoms with E-state index in [-0.39, 0.29) is 12.5 Å². The van der Waals surface area contributed by atoms with Crippen LogP contribution in [0.25, 0.3) is 0 Å². The van der Waals surface area contributed by atoms with E-state index in [9.17, 15) is 9.59 Å². The molecule has 92 valence electrons. The molecule has 1 fully saturated rings. The Hall–Kier alpha value is -1.85. The summed E-state index contributed by atoms with van der Waals surface area (Å²) in [5.74, 6) is -1.70. The summed E-state index contributed by atoms with van der Waals surface area (Å²) in [5, 5.41) is 15.1. The molecule has 0 bridgehead atoms. The summed E-state index contributed by atoms with van der Waals surface area (Å²) in [6.45, 7) is 3.80. The van der Waals surface area contributed by atoms with E-state index in [1.54, 1.807) is 19.9 Å².